The molecule has 0 aliphatic carbocycles. The lowest BCUT2D eigenvalue weighted by Gasteiger charge is -2.16. The first-order valence-corrected chi connectivity index (χ1v) is 9.20. The van der Waals surface area contributed by atoms with Crippen LogP contribution in [0.3, 0.4) is 0 Å². The van der Waals surface area contributed by atoms with Gasteiger partial charge in [0.2, 0.25) is 5.12 Å². The van der Waals surface area contributed by atoms with Crippen LogP contribution in [0, 0.1) is 0 Å². The van der Waals surface area contributed by atoms with Crippen molar-refractivity contribution < 1.29 is 19.1 Å². The predicted molar refractivity (Wildman–Crippen MR) is 102 cm³/mol. The lowest BCUT2D eigenvalue weighted by atomic mass is 9.99. The van der Waals surface area contributed by atoms with Crippen molar-refractivity contribution in [3.05, 3.63) is 48.0 Å². The number of hydrogen-bond acceptors (Lipinski definition) is 6. The summed E-state index contributed by atoms with van der Waals surface area (Å²) in [6.45, 7) is 1.63. The van der Waals surface area contributed by atoms with Crippen molar-refractivity contribution in [2.24, 2.45) is 0 Å². The smallest absolute Gasteiger partial charge is 0.347 e. The summed E-state index contributed by atoms with van der Waals surface area (Å²) >= 11 is 5.13. The van der Waals surface area contributed by atoms with Crippen LogP contribution in [0.5, 0.6) is 5.75 Å². The number of fused-ring (bicyclic) bond motifs is 2. The Labute approximate surface area is 153 Å². The van der Waals surface area contributed by atoms with Gasteiger partial charge in [-0.25, -0.2) is 4.79 Å². The number of carbonyl (C=O) groups is 2. The summed E-state index contributed by atoms with van der Waals surface area (Å²) in [5.74, 6) is 0.0878. The highest BCUT2D eigenvalue weighted by Crippen LogP contribution is 2.47. The highest BCUT2D eigenvalue weighted by molar-refractivity contribution is 8.15. The van der Waals surface area contributed by atoms with Crippen molar-refractivity contribution in [2.45, 2.75) is 17.9 Å². The number of ether oxygens (including phenoxy) is 2. The molecular weight excluding hydrogens is 356 g/mol. The molecule has 25 heavy (non-hydrogen) atoms. The van der Waals surface area contributed by atoms with Crippen molar-refractivity contribution in [3.8, 4) is 5.75 Å². The van der Waals surface area contributed by atoms with Gasteiger partial charge in [-0.3, -0.25) is 4.79 Å². The maximum absolute atomic E-state index is 12.4. The van der Waals surface area contributed by atoms with Crippen LogP contribution in [0.4, 0.5) is 0 Å². The van der Waals surface area contributed by atoms with Crippen molar-refractivity contribution in [2.75, 3.05) is 5.94 Å². The summed E-state index contributed by atoms with van der Waals surface area (Å²) in [5.41, 5.74) is 0.679. The fourth-order valence-electron chi connectivity index (χ4n) is 3.05. The van der Waals surface area contributed by atoms with E-state index in [4.69, 9.17) is 9.47 Å². The van der Waals surface area contributed by atoms with Gasteiger partial charge >= 0.3 is 5.97 Å². The van der Waals surface area contributed by atoms with Crippen LogP contribution in [0.25, 0.3) is 21.5 Å². The molecule has 0 spiro atoms. The normalized spacial score (nSPS) is 14.1. The van der Waals surface area contributed by atoms with E-state index in [0.29, 0.717) is 11.3 Å². The van der Waals surface area contributed by atoms with Crippen LogP contribution in [-0.2, 0) is 9.53 Å². The molecule has 3 aromatic carbocycles. The molecule has 1 unspecified atom stereocenters. The summed E-state index contributed by atoms with van der Waals surface area (Å²) in [6.07, 6.45) is -0.764. The fourth-order valence-corrected chi connectivity index (χ4v) is 4.26. The molecule has 0 N–H and O–H groups in total. The molecule has 0 saturated carbocycles. The zero-order chi connectivity index (χ0) is 17.6. The minimum Gasteiger partial charge on any atom is -0.478 e. The van der Waals surface area contributed by atoms with Gasteiger partial charge < -0.3 is 9.47 Å². The van der Waals surface area contributed by atoms with E-state index in [2.05, 4.69) is 12.6 Å². The SMILES string of the molecule is CC(Oc1ccc2c3c(c4ccccc4cc13)SC2=O)C(=O)OCS. The molecule has 0 fully saturated rings. The average molecular weight is 370 g/mol. The van der Waals surface area contributed by atoms with E-state index < -0.39 is 12.1 Å². The molecule has 0 bridgehead atoms. The van der Waals surface area contributed by atoms with Crippen LogP contribution >= 0.6 is 24.4 Å². The van der Waals surface area contributed by atoms with E-state index in [1.807, 2.05) is 30.3 Å². The van der Waals surface area contributed by atoms with Crippen molar-refractivity contribution in [1.29, 1.82) is 0 Å². The quantitative estimate of drug-likeness (QED) is 0.319. The standard InChI is InChI=1S/C19H14O4S2/c1-10(18(20)22-9-24)23-15-7-6-13-16-14(15)8-11-4-2-3-5-12(11)17(16)25-19(13)21/h2-8,10,24H,9H2,1H3. The molecule has 1 aliphatic heterocycles. The molecule has 1 heterocycles. The van der Waals surface area contributed by atoms with Crippen LogP contribution in [0.1, 0.15) is 17.3 Å². The molecule has 3 aromatic rings. The Hall–Kier alpha value is -2.18. The maximum Gasteiger partial charge on any atom is 0.347 e. The lowest BCUT2D eigenvalue weighted by molar-refractivity contribution is -0.148. The minimum absolute atomic E-state index is 0.00610. The van der Waals surface area contributed by atoms with E-state index >= 15 is 0 Å². The third-order valence-corrected chi connectivity index (χ3v) is 5.36. The zero-order valence-electron chi connectivity index (χ0n) is 13.3. The van der Waals surface area contributed by atoms with Gasteiger partial charge in [-0.2, -0.15) is 0 Å². The Kier molecular flexibility index (Phi) is 4.09. The number of benzene rings is 3. The van der Waals surface area contributed by atoms with Crippen molar-refractivity contribution in [1.82, 2.24) is 0 Å². The predicted octanol–water partition coefficient (Wildman–Crippen LogP) is 4.44. The molecule has 0 amide bonds. The van der Waals surface area contributed by atoms with Crippen molar-refractivity contribution >= 4 is 57.0 Å². The highest BCUT2D eigenvalue weighted by atomic mass is 32.2. The molecule has 1 aliphatic rings. The zero-order valence-corrected chi connectivity index (χ0v) is 15.0. The van der Waals surface area contributed by atoms with Gasteiger partial charge in [0.1, 0.15) is 11.7 Å². The second-order valence-electron chi connectivity index (χ2n) is 5.70. The molecule has 4 rings (SSSR count). The first-order valence-electron chi connectivity index (χ1n) is 7.75. The summed E-state index contributed by atoms with van der Waals surface area (Å²) in [7, 11) is 0. The lowest BCUT2D eigenvalue weighted by Crippen LogP contribution is -2.25. The van der Waals surface area contributed by atoms with Gasteiger partial charge in [0.05, 0.1) is 0 Å². The topological polar surface area (TPSA) is 52.6 Å². The van der Waals surface area contributed by atoms with Gasteiger partial charge in [0.25, 0.3) is 0 Å². The number of thiol groups is 1. The number of thioether (sulfide) groups is 1. The summed E-state index contributed by atoms with van der Waals surface area (Å²) < 4.78 is 10.7. The van der Waals surface area contributed by atoms with E-state index in [9.17, 15) is 9.59 Å². The Balaban J connectivity index is 1.90. The van der Waals surface area contributed by atoms with Crippen LogP contribution in [0.2, 0.25) is 0 Å². The third kappa shape index (κ3) is 2.65. The van der Waals surface area contributed by atoms with Gasteiger partial charge in [0, 0.05) is 21.2 Å². The van der Waals surface area contributed by atoms with E-state index in [-0.39, 0.29) is 11.1 Å². The first-order chi connectivity index (χ1) is 12.1. The molecule has 0 radical (unpaired) electrons. The molecule has 0 saturated heterocycles. The second kappa shape index (κ2) is 6.28. The summed E-state index contributed by atoms with van der Waals surface area (Å²) in [6, 6.07) is 13.4. The largest absolute Gasteiger partial charge is 0.478 e. The second-order valence-corrected chi connectivity index (χ2v) is 6.94. The molecular formula is C19H14O4S2. The number of esters is 1. The van der Waals surface area contributed by atoms with E-state index in [1.54, 1.807) is 19.1 Å². The van der Waals surface area contributed by atoms with Gasteiger partial charge in [-0.1, -0.05) is 24.3 Å². The maximum atomic E-state index is 12.4. The molecule has 1 atom stereocenters. The summed E-state index contributed by atoms with van der Waals surface area (Å²) in [4.78, 5) is 25.1. The third-order valence-electron chi connectivity index (χ3n) is 4.19. The molecule has 126 valence electrons. The number of hydrogen-bond donors (Lipinski definition) is 1. The Bertz CT molecular complexity index is 1030. The molecule has 4 nitrogen and oxygen atoms in total. The highest BCUT2D eigenvalue weighted by Gasteiger charge is 2.27. The minimum atomic E-state index is -0.764. The van der Waals surface area contributed by atoms with Crippen LogP contribution < -0.4 is 4.74 Å². The molecule has 0 aromatic heterocycles. The summed E-state index contributed by atoms with van der Waals surface area (Å²) in [5, 5.41) is 3.83. The van der Waals surface area contributed by atoms with E-state index in [0.717, 1.165) is 26.4 Å². The van der Waals surface area contributed by atoms with E-state index in [1.165, 1.54) is 11.8 Å². The van der Waals surface area contributed by atoms with Gasteiger partial charge in [0.15, 0.2) is 6.10 Å². The van der Waals surface area contributed by atoms with Crippen LogP contribution in [0.15, 0.2) is 47.4 Å². The monoisotopic (exact) mass is 370 g/mol. The molecule has 6 heteroatoms. The number of rotatable bonds is 4. The Morgan fingerprint density at radius 1 is 1.20 bits per heavy atom. The average Bonchev–Trinajstić information content (AvgIpc) is 2.95. The Morgan fingerprint density at radius 2 is 2.00 bits per heavy atom. The first kappa shape index (κ1) is 16.3. The van der Waals surface area contributed by atoms with Gasteiger partial charge in [-0.05, 0) is 47.7 Å². The van der Waals surface area contributed by atoms with Crippen LogP contribution in [-0.4, -0.2) is 23.1 Å². The number of carbonyl (C=O) groups excluding carboxylic acids is 2. The van der Waals surface area contributed by atoms with Crippen molar-refractivity contribution in [3.63, 3.8) is 0 Å². The Morgan fingerprint density at radius 3 is 2.80 bits per heavy atom. The fraction of sp³-hybridized carbons (Fsp3) is 0.158. The van der Waals surface area contributed by atoms with Gasteiger partial charge in [-0.15, -0.1) is 12.6 Å².